The molecule has 4 heteroatoms. The Bertz CT molecular complexity index is 340. The number of rotatable bonds is 8. The highest BCUT2D eigenvalue weighted by Gasteiger charge is 2.10. The molecule has 0 spiro atoms. The standard InChI is InChI=1S/C14H21NO3/c1-3-4-10-18-13(17-2)11-15-14(16)12-8-6-5-7-9-12/h5-9,13H,3-4,10-11H2,1-2H3,(H,15,16). The van der Waals surface area contributed by atoms with Gasteiger partial charge in [-0.3, -0.25) is 4.79 Å². The van der Waals surface area contributed by atoms with Crippen LogP contribution >= 0.6 is 0 Å². The predicted octanol–water partition coefficient (Wildman–Crippen LogP) is 2.21. The predicted molar refractivity (Wildman–Crippen MR) is 70.4 cm³/mol. The van der Waals surface area contributed by atoms with Gasteiger partial charge >= 0.3 is 0 Å². The molecule has 1 N–H and O–H groups in total. The van der Waals surface area contributed by atoms with Gasteiger partial charge in [0.2, 0.25) is 0 Å². The van der Waals surface area contributed by atoms with Crippen molar-refractivity contribution < 1.29 is 14.3 Å². The van der Waals surface area contributed by atoms with E-state index in [9.17, 15) is 4.79 Å². The molecule has 0 heterocycles. The van der Waals surface area contributed by atoms with Crippen LogP contribution in [0.1, 0.15) is 30.1 Å². The fourth-order valence-electron chi connectivity index (χ4n) is 1.44. The van der Waals surface area contributed by atoms with Crippen molar-refractivity contribution in [2.24, 2.45) is 0 Å². The second-order valence-electron chi connectivity index (χ2n) is 3.97. The van der Waals surface area contributed by atoms with E-state index in [1.165, 1.54) is 0 Å². The van der Waals surface area contributed by atoms with Gasteiger partial charge in [0.25, 0.3) is 5.91 Å². The normalized spacial score (nSPS) is 12.1. The molecule has 1 aromatic rings. The zero-order valence-corrected chi connectivity index (χ0v) is 11.0. The molecule has 0 saturated heterocycles. The summed E-state index contributed by atoms with van der Waals surface area (Å²) in [7, 11) is 1.57. The van der Waals surface area contributed by atoms with Gasteiger partial charge in [0, 0.05) is 19.3 Å². The Kier molecular flexibility index (Phi) is 7.06. The number of ether oxygens (including phenoxy) is 2. The van der Waals surface area contributed by atoms with Crippen molar-refractivity contribution >= 4 is 5.91 Å². The number of carbonyl (C=O) groups excluding carboxylic acids is 1. The number of carbonyl (C=O) groups is 1. The lowest BCUT2D eigenvalue weighted by Gasteiger charge is -2.16. The third kappa shape index (κ3) is 5.29. The topological polar surface area (TPSA) is 47.6 Å². The molecule has 18 heavy (non-hydrogen) atoms. The fourth-order valence-corrected chi connectivity index (χ4v) is 1.44. The van der Waals surface area contributed by atoms with E-state index in [2.05, 4.69) is 12.2 Å². The van der Waals surface area contributed by atoms with Crippen molar-refractivity contribution in [1.82, 2.24) is 5.32 Å². The third-order valence-electron chi connectivity index (χ3n) is 2.53. The van der Waals surface area contributed by atoms with E-state index in [4.69, 9.17) is 9.47 Å². The molecule has 1 rings (SSSR count). The van der Waals surface area contributed by atoms with E-state index in [1.54, 1.807) is 19.2 Å². The zero-order chi connectivity index (χ0) is 13.2. The maximum absolute atomic E-state index is 11.8. The molecule has 1 aromatic carbocycles. The highest BCUT2D eigenvalue weighted by atomic mass is 16.7. The van der Waals surface area contributed by atoms with Gasteiger partial charge < -0.3 is 14.8 Å². The number of amides is 1. The van der Waals surface area contributed by atoms with Crippen molar-refractivity contribution in [3.63, 3.8) is 0 Å². The van der Waals surface area contributed by atoms with Crippen molar-refractivity contribution in [3.05, 3.63) is 35.9 Å². The minimum Gasteiger partial charge on any atom is -0.354 e. The molecule has 0 saturated carbocycles. The summed E-state index contributed by atoms with van der Waals surface area (Å²) in [4.78, 5) is 11.8. The summed E-state index contributed by atoms with van der Waals surface area (Å²) in [5.41, 5.74) is 0.640. The second-order valence-corrected chi connectivity index (χ2v) is 3.97. The second kappa shape index (κ2) is 8.66. The SMILES string of the molecule is CCCCOC(CNC(=O)c1ccccc1)OC. The van der Waals surface area contributed by atoms with Crippen LogP contribution in [0.3, 0.4) is 0 Å². The van der Waals surface area contributed by atoms with E-state index in [1.807, 2.05) is 18.2 Å². The molecule has 1 atom stereocenters. The lowest BCUT2D eigenvalue weighted by atomic mass is 10.2. The molecule has 4 nitrogen and oxygen atoms in total. The van der Waals surface area contributed by atoms with Crippen LogP contribution in [-0.4, -0.2) is 32.5 Å². The van der Waals surface area contributed by atoms with Crippen LogP contribution < -0.4 is 5.32 Å². The number of benzene rings is 1. The van der Waals surface area contributed by atoms with Crippen molar-refractivity contribution in [2.45, 2.75) is 26.1 Å². The minimum atomic E-state index is -0.385. The maximum atomic E-state index is 11.8. The van der Waals surface area contributed by atoms with Gasteiger partial charge in [-0.2, -0.15) is 0 Å². The van der Waals surface area contributed by atoms with Crippen LogP contribution in [0.4, 0.5) is 0 Å². The van der Waals surface area contributed by atoms with E-state index in [-0.39, 0.29) is 12.2 Å². The van der Waals surface area contributed by atoms with Gasteiger partial charge in [-0.1, -0.05) is 31.5 Å². The first-order valence-electron chi connectivity index (χ1n) is 6.25. The number of methoxy groups -OCH3 is 1. The summed E-state index contributed by atoms with van der Waals surface area (Å²) in [5, 5.41) is 2.79. The quantitative estimate of drug-likeness (QED) is 0.569. The Labute approximate surface area is 108 Å². The molecule has 0 aliphatic rings. The zero-order valence-electron chi connectivity index (χ0n) is 11.0. The summed E-state index contributed by atoms with van der Waals surface area (Å²) in [6, 6.07) is 9.09. The molecular weight excluding hydrogens is 230 g/mol. The third-order valence-corrected chi connectivity index (χ3v) is 2.53. The van der Waals surface area contributed by atoms with Crippen molar-refractivity contribution in [3.8, 4) is 0 Å². The van der Waals surface area contributed by atoms with Crippen LogP contribution in [0.5, 0.6) is 0 Å². The van der Waals surface area contributed by atoms with Gasteiger partial charge in [-0.25, -0.2) is 0 Å². The van der Waals surface area contributed by atoms with Crippen LogP contribution in [0.25, 0.3) is 0 Å². The number of nitrogens with one attached hydrogen (secondary N) is 1. The molecule has 0 aliphatic heterocycles. The Hall–Kier alpha value is -1.39. The first-order valence-corrected chi connectivity index (χ1v) is 6.25. The van der Waals surface area contributed by atoms with Crippen LogP contribution in [0, 0.1) is 0 Å². The summed E-state index contributed by atoms with van der Waals surface area (Å²) in [5.74, 6) is -0.114. The van der Waals surface area contributed by atoms with Crippen molar-refractivity contribution in [1.29, 1.82) is 0 Å². The van der Waals surface area contributed by atoms with E-state index >= 15 is 0 Å². The number of hydrogen-bond donors (Lipinski definition) is 1. The molecule has 0 bridgehead atoms. The van der Waals surface area contributed by atoms with Crippen molar-refractivity contribution in [2.75, 3.05) is 20.3 Å². The highest BCUT2D eigenvalue weighted by molar-refractivity contribution is 5.94. The van der Waals surface area contributed by atoms with Gasteiger partial charge in [0.1, 0.15) is 0 Å². The van der Waals surface area contributed by atoms with E-state index in [0.29, 0.717) is 18.7 Å². The van der Waals surface area contributed by atoms with E-state index < -0.39 is 0 Å². The highest BCUT2D eigenvalue weighted by Crippen LogP contribution is 1.99. The average Bonchev–Trinajstić information content (AvgIpc) is 2.43. The largest absolute Gasteiger partial charge is 0.354 e. The Balaban J connectivity index is 2.32. The van der Waals surface area contributed by atoms with Gasteiger partial charge in [-0.15, -0.1) is 0 Å². The number of hydrogen-bond acceptors (Lipinski definition) is 3. The lowest BCUT2D eigenvalue weighted by molar-refractivity contribution is -0.120. The minimum absolute atomic E-state index is 0.114. The monoisotopic (exact) mass is 251 g/mol. The van der Waals surface area contributed by atoms with Crippen LogP contribution in [-0.2, 0) is 9.47 Å². The summed E-state index contributed by atoms with van der Waals surface area (Å²) in [6.45, 7) is 3.10. The first-order chi connectivity index (χ1) is 8.77. The Morgan fingerprint density at radius 3 is 2.67 bits per heavy atom. The molecule has 1 unspecified atom stereocenters. The Morgan fingerprint density at radius 2 is 2.06 bits per heavy atom. The van der Waals surface area contributed by atoms with E-state index in [0.717, 1.165) is 12.8 Å². The Morgan fingerprint density at radius 1 is 1.33 bits per heavy atom. The summed E-state index contributed by atoms with van der Waals surface area (Å²) >= 11 is 0. The lowest BCUT2D eigenvalue weighted by Crippen LogP contribution is -2.34. The molecule has 0 aliphatic carbocycles. The van der Waals surface area contributed by atoms with Gasteiger partial charge in [0.05, 0.1) is 6.54 Å². The summed E-state index contributed by atoms with van der Waals surface area (Å²) < 4.78 is 10.6. The smallest absolute Gasteiger partial charge is 0.251 e. The van der Waals surface area contributed by atoms with Gasteiger partial charge in [0.15, 0.2) is 6.29 Å². The maximum Gasteiger partial charge on any atom is 0.251 e. The molecule has 0 aromatic heterocycles. The van der Waals surface area contributed by atoms with Crippen LogP contribution in [0.2, 0.25) is 0 Å². The molecule has 0 fully saturated rings. The molecule has 100 valence electrons. The average molecular weight is 251 g/mol. The summed E-state index contributed by atoms with van der Waals surface area (Å²) in [6.07, 6.45) is 1.68. The van der Waals surface area contributed by atoms with Crippen LogP contribution in [0.15, 0.2) is 30.3 Å². The molecular formula is C14H21NO3. The molecule has 1 amide bonds. The fraction of sp³-hybridized carbons (Fsp3) is 0.500. The first kappa shape index (κ1) is 14.7. The number of unbranched alkanes of at least 4 members (excludes halogenated alkanes) is 1. The molecule has 0 radical (unpaired) electrons. The van der Waals surface area contributed by atoms with Gasteiger partial charge in [-0.05, 0) is 18.6 Å².